The second kappa shape index (κ2) is 3.52. The van der Waals surface area contributed by atoms with Gasteiger partial charge in [0.15, 0.2) is 0 Å². The van der Waals surface area contributed by atoms with Crippen molar-refractivity contribution in [2.24, 2.45) is 0 Å². The fourth-order valence-corrected chi connectivity index (χ4v) is 1.36. The fraction of sp³-hybridized carbons (Fsp3) is 0.556. The van der Waals surface area contributed by atoms with Crippen LogP contribution in [-0.4, -0.2) is 11.8 Å². The predicted molar refractivity (Wildman–Crippen MR) is 45.4 cm³/mol. The molecule has 0 radical (unpaired) electrons. The van der Waals surface area contributed by atoms with Crippen LogP contribution in [0.5, 0.6) is 0 Å². The average Bonchev–Trinajstić information content (AvgIpc) is 2.30. The smallest absolute Gasteiger partial charge is 0.254 e. The van der Waals surface area contributed by atoms with Crippen LogP contribution in [0.4, 0.5) is 0 Å². The molecule has 1 aliphatic rings. The molecule has 0 saturated carbocycles. The maximum Gasteiger partial charge on any atom is 0.254 e. The van der Waals surface area contributed by atoms with E-state index in [0.29, 0.717) is 5.57 Å². The fourth-order valence-electron chi connectivity index (χ4n) is 1.36. The standard InChI is InChI=1S/C9H13NO2/c1-3-4-6(2)7-5-8(11)10-9(7)12/h3-5H2,1-2H3,(H,10,11,12). The molecule has 0 bridgehead atoms. The molecule has 0 aromatic heterocycles. The maximum absolute atomic E-state index is 11.1. The Labute approximate surface area is 71.8 Å². The average molecular weight is 167 g/mol. The third kappa shape index (κ3) is 1.72. The Hall–Kier alpha value is -1.12. The summed E-state index contributed by atoms with van der Waals surface area (Å²) in [6.45, 7) is 3.97. The van der Waals surface area contributed by atoms with Gasteiger partial charge in [0.1, 0.15) is 0 Å². The highest BCUT2D eigenvalue weighted by atomic mass is 16.2. The third-order valence-corrected chi connectivity index (χ3v) is 2.00. The number of allylic oxidation sites excluding steroid dienone is 1. The summed E-state index contributed by atoms with van der Waals surface area (Å²) in [6, 6.07) is 0. The molecule has 0 aliphatic carbocycles. The van der Waals surface area contributed by atoms with E-state index >= 15 is 0 Å². The SMILES string of the molecule is CCCC(C)=C1CC(=O)NC1=O. The van der Waals surface area contributed by atoms with Crippen LogP contribution in [0.3, 0.4) is 0 Å². The van der Waals surface area contributed by atoms with Gasteiger partial charge < -0.3 is 0 Å². The van der Waals surface area contributed by atoms with Crippen molar-refractivity contribution < 1.29 is 9.59 Å². The number of imide groups is 1. The first-order valence-electron chi connectivity index (χ1n) is 4.18. The quantitative estimate of drug-likeness (QED) is 0.495. The Bertz CT molecular complexity index is 253. The number of hydrogen-bond donors (Lipinski definition) is 1. The summed E-state index contributed by atoms with van der Waals surface area (Å²) in [7, 11) is 0. The number of carbonyl (C=O) groups excluding carboxylic acids is 2. The van der Waals surface area contributed by atoms with Gasteiger partial charge in [0.2, 0.25) is 5.91 Å². The summed E-state index contributed by atoms with van der Waals surface area (Å²) in [6.07, 6.45) is 2.18. The highest BCUT2D eigenvalue weighted by molar-refractivity contribution is 6.13. The molecule has 0 aromatic rings. The first-order chi connectivity index (χ1) is 5.65. The second-order valence-electron chi connectivity index (χ2n) is 3.06. The monoisotopic (exact) mass is 167 g/mol. The first-order valence-corrected chi connectivity index (χ1v) is 4.18. The van der Waals surface area contributed by atoms with E-state index < -0.39 is 0 Å². The number of hydrogen-bond acceptors (Lipinski definition) is 2. The molecule has 1 aliphatic heterocycles. The Morgan fingerprint density at radius 1 is 1.50 bits per heavy atom. The second-order valence-corrected chi connectivity index (χ2v) is 3.06. The molecule has 0 unspecified atom stereocenters. The molecule has 66 valence electrons. The van der Waals surface area contributed by atoms with Gasteiger partial charge in [-0.2, -0.15) is 0 Å². The Morgan fingerprint density at radius 2 is 2.17 bits per heavy atom. The van der Waals surface area contributed by atoms with Gasteiger partial charge in [-0.25, -0.2) is 0 Å². The van der Waals surface area contributed by atoms with E-state index in [0.717, 1.165) is 18.4 Å². The van der Waals surface area contributed by atoms with Gasteiger partial charge in [0, 0.05) is 5.57 Å². The molecule has 1 fully saturated rings. The molecule has 1 N–H and O–H groups in total. The Kier molecular flexibility index (Phi) is 2.63. The highest BCUT2D eigenvalue weighted by Crippen LogP contribution is 2.17. The molecule has 0 atom stereocenters. The van der Waals surface area contributed by atoms with Crippen molar-refractivity contribution in [2.75, 3.05) is 0 Å². The van der Waals surface area contributed by atoms with Crippen molar-refractivity contribution in [2.45, 2.75) is 33.1 Å². The van der Waals surface area contributed by atoms with Crippen molar-refractivity contribution >= 4 is 11.8 Å². The lowest BCUT2D eigenvalue weighted by molar-refractivity contribution is -0.124. The van der Waals surface area contributed by atoms with E-state index in [1.165, 1.54) is 0 Å². The van der Waals surface area contributed by atoms with E-state index in [2.05, 4.69) is 12.2 Å². The van der Waals surface area contributed by atoms with Crippen molar-refractivity contribution in [3.05, 3.63) is 11.1 Å². The van der Waals surface area contributed by atoms with E-state index in [4.69, 9.17) is 0 Å². The van der Waals surface area contributed by atoms with Gasteiger partial charge in [-0.1, -0.05) is 18.9 Å². The largest absolute Gasteiger partial charge is 0.292 e. The zero-order valence-corrected chi connectivity index (χ0v) is 7.44. The topological polar surface area (TPSA) is 46.2 Å². The van der Waals surface area contributed by atoms with Crippen LogP contribution in [0.15, 0.2) is 11.1 Å². The normalized spacial score (nSPS) is 21.2. The lowest BCUT2D eigenvalue weighted by Gasteiger charge is -1.99. The van der Waals surface area contributed by atoms with Crippen LogP contribution < -0.4 is 5.32 Å². The Morgan fingerprint density at radius 3 is 2.58 bits per heavy atom. The molecule has 0 aromatic carbocycles. The van der Waals surface area contributed by atoms with Gasteiger partial charge in [0.25, 0.3) is 5.91 Å². The summed E-state index contributed by atoms with van der Waals surface area (Å²) in [5, 5.41) is 2.27. The number of amides is 2. The van der Waals surface area contributed by atoms with Crippen molar-refractivity contribution in [3.63, 3.8) is 0 Å². The van der Waals surface area contributed by atoms with Crippen LogP contribution in [0, 0.1) is 0 Å². The zero-order chi connectivity index (χ0) is 9.14. The molecule has 1 rings (SSSR count). The van der Waals surface area contributed by atoms with Gasteiger partial charge >= 0.3 is 0 Å². The van der Waals surface area contributed by atoms with Crippen LogP contribution in [0.25, 0.3) is 0 Å². The number of rotatable bonds is 2. The summed E-state index contributed by atoms with van der Waals surface area (Å²) < 4.78 is 0. The van der Waals surface area contributed by atoms with Crippen LogP contribution in [0.2, 0.25) is 0 Å². The predicted octanol–water partition coefficient (Wildman–Crippen LogP) is 1.15. The molecular formula is C9H13NO2. The van der Waals surface area contributed by atoms with Crippen molar-refractivity contribution in [1.29, 1.82) is 0 Å². The summed E-state index contributed by atoms with van der Waals surface area (Å²) in [5.41, 5.74) is 1.71. The first kappa shape index (κ1) is 8.97. The van der Waals surface area contributed by atoms with E-state index in [1.807, 2.05) is 6.92 Å². The van der Waals surface area contributed by atoms with E-state index in [9.17, 15) is 9.59 Å². The van der Waals surface area contributed by atoms with Gasteiger partial charge in [0.05, 0.1) is 6.42 Å². The van der Waals surface area contributed by atoms with Crippen LogP contribution in [-0.2, 0) is 9.59 Å². The minimum absolute atomic E-state index is 0.176. The van der Waals surface area contributed by atoms with Gasteiger partial charge in [-0.3, -0.25) is 14.9 Å². The van der Waals surface area contributed by atoms with Crippen molar-refractivity contribution in [1.82, 2.24) is 5.32 Å². The molecule has 0 spiro atoms. The number of carbonyl (C=O) groups is 2. The molecule has 3 heteroatoms. The maximum atomic E-state index is 11.1. The van der Waals surface area contributed by atoms with E-state index in [-0.39, 0.29) is 18.2 Å². The van der Waals surface area contributed by atoms with Gasteiger partial charge in [-0.05, 0) is 13.3 Å². The summed E-state index contributed by atoms with van der Waals surface area (Å²) in [4.78, 5) is 21.9. The summed E-state index contributed by atoms with van der Waals surface area (Å²) >= 11 is 0. The Balaban J connectivity index is 2.80. The number of nitrogens with one attached hydrogen (secondary N) is 1. The van der Waals surface area contributed by atoms with Crippen LogP contribution in [0.1, 0.15) is 33.1 Å². The third-order valence-electron chi connectivity index (χ3n) is 2.00. The molecule has 3 nitrogen and oxygen atoms in total. The van der Waals surface area contributed by atoms with Crippen LogP contribution >= 0.6 is 0 Å². The summed E-state index contributed by atoms with van der Waals surface area (Å²) in [5.74, 6) is -0.378. The molecule has 12 heavy (non-hydrogen) atoms. The molecule has 2 amide bonds. The molecule has 1 saturated heterocycles. The molecule has 1 heterocycles. The van der Waals surface area contributed by atoms with Gasteiger partial charge in [-0.15, -0.1) is 0 Å². The minimum Gasteiger partial charge on any atom is -0.292 e. The zero-order valence-electron chi connectivity index (χ0n) is 7.44. The molecular weight excluding hydrogens is 154 g/mol. The minimum atomic E-state index is -0.203. The van der Waals surface area contributed by atoms with E-state index in [1.54, 1.807) is 0 Å². The lowest BCUT2D eigenvalue weighted by atomic mass is 10.0. The lowest BCUT2D eigenvalue weighted by Crippen LogP contribution is -2.19. The highest BCUT2D eigenvalue weighted by Gasteiger charge is 2.25. The van der Waals surface area contributed by atoms with Crippen molar-refractivity contribution in [3.8, 4) is 0 Å².